The van der Waals surface area contributed by atoms with E-state index in [-0.39, 0.29) is 28.5 Å². The topological polar surface area (TPSA) is 55.9 Å². The number of ketones is 1. The molecule has 138 valence electrons. The highest BCUT2D eigenvalue weighted by atomic mass is 16.6. The van der Waals surface area contributed by atoms with E-state index in [1.807, 2.05) is 0 Å². The van der Waals surface area contributed by atoms with Crippen molar-refractivity contribution >= 4 is 11.8 Å². The van der Waals surface area contributed by atoms with Crippen LogP contribution in [-0.4, -0.2) is 29.6 Å². The van der Waals surface area contributed by atoms with Crippen molar-refractivity contribution in [2.24, 2.45) is 28.6 Å². The lowest BCUT2D eigenvalue weighted by atomic mass is 9.45. The van der Waals surface area contributed by atoms with Crippen molar-refractivity contribution in [1.82, 2.24) is 0 Å². The molecule has 1 heterocycles. The minimum absolute atomic E-state index is 0.0223. The van der Waals surface area contributed by atoms with Crippen LogP contribution in [0.5, 0.6) is 0 Å². The van der Waals surface area contributed by atoms with E-state index >= 15 is 0 Å². The maximum absolute atomic E-state index is 12.5. The Morgan fingerprint density at radius 3 is 2.72 bits per heavy atom. The van der Waals surface area contributed by atoms with E-state index in [9.17, 15) is 9.59 Å². The van der Waals surface area contributed by atoms with Crippen LogP contribution < -0.4 is 0 Å². The van der Waals surface area contributed by atoms with Gasteiger partial charge in [-0.15, -0.1) is 0 Å². The van der Waals surface area contributed by atoms with E-state index in [0.717, 1.165) is 51.4 Å². The Labute approximate surface area is 150 Å². The Morgan fingerprint density at radius 1 is 1.16 bits per heavy atom. The van der Waals surface area contributed by atoms with Gasteiger partial charge < -0.3 is 9.47 Å². The number of rotatable bonds is 1. The number of hydrogen-bond donors (Lipinski definition) is 0. The van der Waals surface area contributed by atoms with Crippen LogP contribution >= 0.6 is 0 Å². The second-order valence-electron chi connectivity index (χ2n) is 9.92. The first-order chi connectivity index (χ1) is 11.8. The van der Waals surface area contributed by atoms with Gasteiger partial charge in [-0.25, -0.2) is 0 Å². The highest BCUT2D eigenvalue weighted by Crippen LogP contribution is 2.73. The summed E-state index contributed by atoms with van der Waals surface area (Å²) in [6.45, 7) is 6.18. The van der Waals surface area contributed by atoms with Crippen LogP contribution in [0, 0.1) is 28.6 Å². The van der Waals surface area contributed by atoms with Crippen molar-refractivity contribution in [1.29, 1.82) is 0 Å². The number of carbonyl (C=O) groups excluding carboxylic acids is 2. The molecule has 0 aromatic rings. The molecule has 8 atom stereocenters. The molecular weight excluding hydrogens is 316 g/mol. The number of ether oxygens (including phenoxy) is 2. The molecular formula is C21H30O4. The third kappa shape index (κ3) is 1.92. The van der Waals surface area contributed by atoms with E-state index in [0.29, 0.717) is 29.6 Å². The van der Waals surface area contributed by atoms with Gasteiger partial charge in [0.2, 0.25) is 0 Å². The van der Waals surface area contributed by atoms with Gasteiger partial charge in [-0.1, -0.05) is 13.8 Å². The number of Topliss-reactive ketones (excluding diaryl/α,β-unsaturated/α-hetero) is 1. The summed E-state index contributed by atoms with van der Waals surface area (Å²) in [5.41, 5.74) is 0.0500. The summed E-state index contributed by atoms with van der Waals surface area (Å²) in [5, 5.41) is 0. The largest absolute Gasteiger partial charge is 0.462 e. The van der Waals surface area contributed by atoms with E-state index < -0.39 is 0 Å². The molecule has 4 aliphatic carbocycles. The van der Waals surface area contributed by atoms with Crippen molar-refractivity contribution in [2.45, 2.75) is 89.9 Å². The van der Waals surface area contributed by atoms with Gasteiger partial charge in [-0.05, 0) is 56.3 Å². The molecule has 5 aliphatic rings. The Balaban J connectivity index is 1.44. The first-order valence-electron chi connectivity index (χ1n) is 10.2. The second-order valence-corrected chi connectivity index (χ2v) is 9.92. The van der Waals surface area contributed by atoms with Crippen molar-refractivity contribution in [3.63, 3.8) is 0 Å². The summed E-state index contributed by atoms with van der Waals surface area (Å²) in [5.74, 6) is 2.19. The van der Waals surface area contributed by atoms with Crippen LogP contribution in [0.2, 0.25) is 0 Å². The Kier molecular flexibility index (Phi) is 3.18. The van der Waals surface area contributed by atoms with Crippen LogP contribution in [0.25, 0.3) is 0 Å². The van der Waals surface area contributed by atoms with Gasteiger partial charge in [-0.3, -0.25) is 9.59 Å². The molecule has 0 aromatic heterocycles. The number of epoxide rings is 1. The summed E-state index contributed by atoms with van der Waals surface area (Å²) in [6, 6.07) is 0. The van der Waals surface area contributed by atoms with Crippen LogP contribution in [-0.2, 0) is 19.1 Å². The lowest BCUT2D eigenvalue weighted by Gasteiger charge is -2.58. The van der Waals surface area contributed by atoms with Gasteiger partial charge in [0.05, 0.1) is 6.10 Å². The molecule has 1 saturated heterocycles. The zero-order valence-electron chi connectivity index (χ0n) is 15.7. The molecule has 5 rings (SSSR count). The number of carbonyl (C=O) groups is 2. The molecule has 25 heavy (non-hydrogen) atoms. The summed E-state index contributed by atoms with van der Waals surface area (Å²) in [6.07, 6.45) is 8.45. The normalized spacial score (nSPS) is 56.3. The summed E-state index contributed by atoms with van der Waals surface area (Å²) in [4.78, 5) is 23.9. The Morgan fingerprint density at radius 2 is 1.96 bits per heavy atom. The maximum atomic E-state index is 12.5. The first kappa shape index (κ1) is 16.3. The van der Waals surface area contributed by atoms with Crippen LogP contribution in [0.1, 0.15) is 72.1 Å². The third-order valence-corrected chi connectivity index (χ3v) is 9.08. The maximum Gasteiger partial charge on any atom is 0.302 e. The first-order valence-corrected chi connectivity index (χ1v) is 10.2. The molecule has 0 N–H and O–H groups in total. The van der Waals surface area contributed by atoms with E-state index in [4.69, 9.17) is 9.47 Å². The zero-order valence-corrected chi connectivity index (χ0v) is 15.7. The van der Waals surface area contributed by atoms with E-state index in [1.165, 1.54) is 6.92 Å². The Hall–Kier alpha value is -0.900. The van der Waals surface area contributed by atoms with Gasteiger partial charge >= 0.3 is 5.97 Å². The molecule has 0 bridgehead atoms. The lowest BCUT2D eigenvalue weighted by molar-refractivity contribution is -0.157. The number of fused-ring (bicyclic) bond motifs is 4. The third-order valence-electron chi connectivity index (χ3n) is 9.08. The van der Waals surface area contributed by atoms with Crippen molar-refractivity contribution in [2.75, 3.05) is 0 Å². The summed E-state index contributed by atoms with van der Waals surface area (Å²) >= 11 is 0. The van der Waals surface area contributed by atoms with Crippen molar-refractivity contribution < 1.29 is 19.1 Å². The average Bonchev–Trinajstić information content (AvgIpc) is 3.15. The molecule has 1 spiro atoms. The highest BCUT2D eigenvalue weighted by Gasteiger charge is 2.76. The van der Waals surface area contributed by atoms with Gasteiger partial charge in [-0.2, -0.15) is 0 Å². The number of hydrogen-bond acceptors (Lipinski definition) is 4. The molecule has 7 unspecified atom stereocenters. The quantitative estimate of drug-likeness (QED) is 0.537. The zero-order chi connectivity index (χ0) is 17.6. The fourth-order valence-electron chi connectivity index (χ4n) is 7.75. The van der Waals surface area contributed by atoms with Gasteiger partial charge in [0.1, 0.15) is 17.5 Å². The molecule has 0 radical (unpaired) electrons. The predicted octanol–water partition coefficient (Wildman–Crippen LogP) is 3.66. The minimum atomic E-state index is -0.172. The molecule has 4 nitrogen and oxygen atoms in total. The van der Waals surface area contributed by atoms with Crippen LogP contribution in [0.15, 0.2) is 0 Å². The van der Waals surface area contributed by atoms with Gasteiger partial charge in [0, 0.05) is 30.6 Å². The Bertz CT molecular complexity index is 644. The monoisotopic (exact) mass is 346 g/mol. The van der Waals surface area contributed by atoms with Gasteiger partial charge in [0.25, 0.3) is 0 Å². The number of esters is 1. The van der Waals surface area contributed by atoms with Crippen LogP contribution in [0.4, 0.5) is 0 Å². The molecule has 0 aromatic carbocycles. The molecule has 0 amide bonds. The highest BCUT2D eigenvalue weighted by molar-refractivity contribution is 5.87. The fourth-order valence-corrected chi connectivity index (χ4v) is 7.75. The molecule has 4 saturated carbocycles. The summed E-state index contributed by atoms with van der Waals surface area (Å²) < 4.78 is 12.0. The van der Waals surface area contributed by atoms with Crippen LogP contribution in [0.3, 0.4) is 0 Å². The van der Waals surface area contributed by atoms with Crippen molar-refractivity contribution in [3.05, 3.63) is 0 Å². The van der Waals surface area contributed by atoms with E-state index in [1.54, 1.807) is 0 Å². The minimum Gasteiger partial charge on any atom is -0.462 e. The molecule has 1 aliphatic heterocycles. The van der Waals surface area contributed by atoms with E-state index in [2.05, 4.69) is 13.8 Å². The van der Waals surface area contributed by atoms with Gasteiger partial charge in [0.15, 0.2) is 0 Å². The summed E-state index contributed by atoms with van der Waals surface area (Å²) in [7, 11) is 0. The smallest absolute Gasteiger partial charge is 0.302 e. The lowest BCUT2D eigenvalue weighted by Crippen LogP contribution is -2.58. The van der Waals surface area contributed by atoms with Crippen molar-refractivity contribution in [3.8, 4) is 0 Å². The molecule has 4 heteroatoms. The second kappa shape index (κ2) is 4.88. The molecule has 5 fully saturated rings. The predicted molar refractivity (Wildman–Crippen MR) is 91.8 cm³/mol. The fraction of sp³-hybridized carbons (Fsp3) is 0.905. The SMILES string of the molecule is CC(=O)OC1CCC2(C)C3CCC4(C)C(=O)CCC4C3CC3O[C@@]32C1. The standard InChI is InChI=1S/C21H30O4/c1-12(22)24-13-6-9-20(3)16-7-8-19(2)15(4-5-17(19)23)14(16)10-18-21(20,11-13)25-18/h13-16,18H,4-11H2,1-3H3/t13?,14?,15?,16?,18?,19?,20?,21-/m0/s1. The average molecular weight is 346 g/mol.